The van der Waals surface area contributed by atoms with E-state index in [0.29, 0.717) is 30.7 Å². The molecule has 0 saturated carbocycles. The van der Waals surface area contributed by atoms with E-state index in [4.69, 9.17) is 14.3 Å². The van der Waals surface area contributed by atoms with Crippen LogP contribution in [0.15, 0.2) is 77.4 Å². The molecule has 15 heteroatoms. The van der Waals surface area contributed by atoms with Crippen molar-refractivity contribution < 1.29 is 55.0 Å². The lowest BCUT2D eigenvalue weighted by Gasteiger charge is -2.42. The van der Waals surface area contributed by atoms with Gasteiger partial charge in [0.05, 0.1) is 36.8 Å². The van der Waals surface area contributed by atoms with E-state index >= 15 is 0 Å². The molecule has 3 amide bonds. The zero-order valence-electron chi connectivity index (χ0n) is 23.8. The fourth-order valence-electron chi connectivity index (χ4n) is 6.36. The summed E-state index contributed by atoms with van der Waals surface area (Å²) in [6.07, 6.45) is -7.16. The van der Waals surface area contributed by atoms with Gasteiger partial charge in [-0.1, -0.05) is 42.5 Å². The van der Waals surface area contributed by atoms with Crippen molar-refractivity contribution >= 4 is 23.7 Å². The Morgan fingerprint density at radius 1 is 0.913 bits per heavy atom. The number of fused-ring (bicyclic) bond motifs is 2. The van der Waals surface area contributed by atoms with Crippen LogP contribution in [0.1, 0.15) is 41.3 Å². The molecule has 0 aliphatic carbocycles. The number of hydrogen-bond acceptors (Lipinski definition) is 6. The Morgan fingerprint density at radius 2 is 1.57 bits per heavy atom. The predicted molar refractivity (Wildman–Crippen MR) is 146 cm³/mol. The molecule has 0 unspecified atom stereocenters. The number of carbonyl (C=O) groups excluding carboxylic acids is 3. The summed E-state index contributed by atoms with van der Waals surface area (Å²) >= 11 is 0. The number of likely N-dealkylation sites (tertiary alicyclic amines) is 2. The van der Waals surface area contributed by atoms with Gasteiger partial charge >= 0.3 is 18.3 Å². The number of halogens is 6. The monoisotopic (exact) mass is 651 g/mol. The molecular formula is C31H27F6N3O6. The lowest BCUT2D eigenvalue weighted by Crippen LogP contribution is -2.63. The molecule has 6 rings (SSSR count). The van der Waals surface area contributed by atoms with Gasteiger partial charge in [0.2, 0.25) is 17.7 Å². The minimum absolute atomic E-state index is 0.0611. The van der Waals surface area contributed by atoms with E-state index in [1.807, 2.05) is 30.3 Å². The highest BCUT2D eigenvalue weighted by molar-refractivity contribution is 6.10. The molecule has 4 atom stereocenters. The molecule has 1 aromatic heterocycles. The lowest BCUT2D eigenvalue weighted by atomic mass is 9.74. The number of imide groups is 1. The van der Waals surface area contributed by atoms with E-state index in [0.717, 1.165) is 17.7 Å². The van der Waals surface area contributed by atoms with Gasteiger partial charge in [0.1, 0.15) is 11.3 Å². The lowest BCUT2D eigenvalue weighted by molar-refractivity contribution is -0.192. The number of carbonyl (C=O) groups is 4. The predicted octanol–water partition coefficient (Wildman–Crippen LogP) is 4.94. The van der Waals surface area contributed by atoms with Crippen molar-refractivity contribution in [2.75, 3.05) is 6.54 Å². The van der Waals surface area contributed by atoms with E-state index in [9.17, 15) is 40.7 Å². The second-order valence-corrected chi connectivity index (χ2v) is 11.2. The van der Waals surface area contributed by atoms with Gasteiger partial charge in [-0.25, -0.2) is 4.79 Å². The molecule has 46 heavy (non-hydrogen) atoms. The van der Waals surface area contributed by atoms with Crippen molar-refractivity contribution in [1.82, 2.24) is 15.1 Å². The quantitative estimate of drug-likeness (QED) is 0.296. The Balaban J connectivity index is 0.000000537. The van der Waals surface area contributed by atoms with Crippen LogP contribution in [0.25, 0.3) is 0 Å². The highest BCUT2D eigenvalue weighted by Gasteiger charge is 2.69. The minimum atomic E-state index is -5.08. The smallest absolute Gasteiger partial charge is 0.475 e. The number of rotatable bonds is 5. The third kappa shape index (κ3) is 6.23. The summed E-state index contributed by atoms with van der Waals surface area (Å²) in [7, 11) is 0. The van der Waals surface area contributed by atoms with Gasteiger partial charge in [0, 0.05) is 12.6 Å². The summed E-state index contributed by atoms with van der Waals surface area (Å²) in [5, 5.41) is 10.4. The van der Waals surface area contributed by atoms with Crippen LogP contribution in [0, 0.1) is 11.8 Å². The van der Waals surface area contributed by atoms with Crippen molar-refractivity contribution in [2.45, 2.75) is 49.9 Å². The first-order chi connectivity index (χ1) is 21.6. The van der Waals surface area contributed by atoms with E-state index in [2.05, 4.69) is 5.32 Å². The summed E-state index contributed by atoms with van der Waals surface area (Å²) in [4.78, 5) is 53.6. The Hall–Kier alpha value is -4.66. The molecule has 3 aliphatic heterocycles. The van der Waals surface area contributed by atoms with Crippen LogP contribution in [0.2, 0.25) is 0 Å². The SMILES string of the molecule is O=C(O)C(F)(F)F.O=C1[C@H]2[C@@H](c3ccc(C(F)(F)F)cc3)N[C@]3(CCCN(Cc4ccco4)C3=O)[C@H]2C(=O)N1Cc1ccccc1. The van der Waals surface area contributed by atoms with Gasteiger partial charge in [0.25, 0.3) is 0 Å². The largest absolute Gasteiger partial charge is 0.490 e. The minimum Gasteiger partial charge on any atom is -0.475 e. The molecule has 0 radical (unpaired) electrons. The van der Waals surface area contributed by atoms with E-state index in [1.54, 1.807) is 17.0 Å². The van der Waals surface area contributed by atoms with Crippen LogP contribution in [-0.4, -0.2) is 56.9 Å². The van der Waals surface area contributed by atoms with Crippen LogP contribution in [0.5, 0.6) is 0 Å². The second kappa shape index (κ2) is 12.3. The van der Waals surface area contributed by atoms with E-state index in [1.165, 1.54) is 23.3 Å². The first-order valence-electron chi connectivity index (χ1n) is 14.1. The molecule has 2 aromatic carbocycles. The first kappa shape index (κ1) is 32.7. The molecule has 1 spiro atoms. The third-order valence-electron chi connectivity index (χ3n) is 8.36. The molecule has 244 valence electrons. The Morgan fingerprint density at radius 3 is 2.13 bits per heavy atom. The molecule has 3 fully saturated rings. The van der Waals surface area contributed by atoms with Crippen molar-refractivity contribution in [3.05, 3.63) is 95.4 Å². The van der Waals surface area contributed by atoms with Gasteiger partial charge in [-0.3, -0.25) is 24.6 Å². The summed E-state index contributed by atoms with van der Waals surface area (Å²) in [6, 6.07) is 16.3. The number of furan rings is 1. The average molecular weight is 652 g/mol. The first-order valence-corrected chi connectivity index (χ1v) is 14.1. The number of carboxylic acid groups (broad SMARTS) is 1. The summed E-state index contributed by atoms with van der Waals surface area (Å²) < 4.78 is 76.9. The Kier molecular flexibility index (Phi) is 8.73. The van der Waals surface area contributed by atoms with Crippen molar-refractivity contribution in [3.63, 3.8) is 0 Å². The van der Waals surface area contributed by atoms with Gasteiger partial charge in [0.15, 0.2) is 0 Å². The summed E-state index contributed by atoms with van der Waals surface area (Å²) in [5.41, 5.74) is -0.982. The molecule has 9 nitrogen and oxygen atoms in total. The maximum atomic E-state index is 14.1. The van der Waals surface area contributed by atoms with E-state index in [-0.39, 0.29) is 19.0 Å². The number of hydrogen-bond donors (Lipinski definition) is 2. The zero-order valence-corrected chi connectivity index (χ0v) is 23.8. The van der Waals surface area contributed by atoms with Gasteiger partial charge in [-0.2, -0.15) is 26.3 Å². The number of benzene rings is 2. The Bertz CT molecular complexity index is 1590. The third-order valence-corrected chi connectivity index (χ3v) is 8.36. The second-order valence-electron chi connectivity index (χ2n) is 11.2. The zero-order chi connectivity index (χ0) is 33.4. The van der Waals surface area contributed by atoms with Crippen molar-refractivity contribution in [1.29, 1.82) is 0 Å². The molecule has 3 aromatic rings. The average Bonchev–Trinajstić information content (AvgIpc) is 3.70. The van der Waals surface area contributed by atoms with Crippen LogP contribution in [0.4, 0.5) is 26.3 Å². The van der Waals surface area contributed by atoms with Crippen LogP contribution >= 0.6 is 0 Å². The number of amides is 3. The number of alkyl halides is 6. The number of carboxylic acids is 1. The summed E-state index contributed by atoms with van der Waals surface area (Å²) in [6.45, 7) is 0.736. The molecular weight excluding hydrogens is 624 g/mol. The van der Waals surface area contributed by atoms with E-state index < -0.39 is 59.1 Å². The maximum Gasteiger partial charge on any atom is 0.490 e. The number of nitrogens with zero attached hydrogens (tertiary/aromatic N) is 2. The molecule has 3 saturated heterocycles. The van der Waals surface area contributed by atoms with Gasteiger partial charge in [-0.15, -0.1) is 0 Å². The summed E-state index contributed by atoms with van der Waals surface area (Å²) in [5.74, 6) is -5.25. The molecule has 4 heterocycles. The topological polar surface area (TPSA) is 120 Å². The number of aliphatic carboxylic acids is 1. The fourth-order valence-corrected chi connectivity index (χ4v) is 6.36. The van der Waals surface area contributed by atoms with Gasteiger partial charge in [-0.05, 0) is 48.2 Å². The molecule has 2 N–H and O–H groups in total. The fraction of sp³-hybridized carbons (Fsp3) is 0.355. The van der Waals surface area contributed by atoms with Crippen LogP contribution in [0.3, 0.4) is 0 Å². The van der Waals surface area contributed by atoms with Crippen LogP contribution < -0.4 is 5.32 Å². The standard InChI is InChI=1S/C29H26F3N3O4.C2HF3O2/c30-29(31,32)20-11-9-19(10-12-20)24-22-23(26(37)35(25(22)36)16-18-6-2-1-3-7-18)28(33-24)13-5-14-34(27(28)38)17-21-8-4-15-39-21;3-2(4,5)1(6)7/h1-4,6-12,15,22-24,33H,5,13-14,16-17H2;(H,6,7)/t22-,23-,24-,28-;/m1./s1. The highest BCUT2D eigenvalue weighted by Crippen LogP contribution is 2.52. The van der Waals surface area contributed by atoms with Crippen molar-refractivity contribution in [2.24, 2.45) is 11.8 Å². The Labute approximate surface area is 257 Å². The highest BCUT2D eigenvalue weighted by atomic mass is 19.4. The number of piperidine rings is 1. The normalized spacial score (nSPS) is 24.7. The molecule has 0 bridgehead atoms. The van der Waals surface area contributed by atoms with Gasteiger partial charge < -0.3 is 14.4 Å². The number of nitrogens with one attached hydrogen (secondary N) is 1. The van der Waals surface area contributed by atoms with Crippen molar-refractivity contribution in [3.8, 4) is 0 Å². The maximum absolute atomic E-state index is 14.1. The molecule has 3 aliphatic rings. The van der Waals surface area contributed by atoms with Crippen LogP contribution in [-0.2, 0) is 38.4 Å².